The lowest BCUT2D eigenvalue weighted by Crippen LogP contribution is -2.29. The molecule has 1 heterocycles. The van der Waals surface area contributed by atoms with Crippen LogP contribution in [0.2, 0.25) is 0 Å². The molecule has 0 aliphatic heterocycles. The Balaban J connectivity index is 3.24. The fraction of sp³-hybridized carbons (Fsp3) is 0.300. The number of aldehydes is 1. The Kier molecular flexibility index (Phi) is 4.41. The van der Waals surface area contributed by atoms with E-state index in [1.54, 1.807) is 5.32 Å². The average molecular weight is 280 g/mol. The Hall–Kier alpha value is -2.19. The number of carbonyl (C=O) groups is 2. The van der Waals surface area contributed by atoms with E-state index < -0.39 is 41.8 Å². The van der Waals surface area contributed by atoms with Crippen LogP contribution in [0.25, 0.3) is 0 Å². The Morgan fingerprint density at radius 3 is 2.63 bits per heavy atom. The minimum atomic E-state index is -4.93. The van der Waals surface area contributed by atoms with Crippen molar-refractivity contribution in [3.05, 3.63) is 29.3 Å². The van der Waals surface area contributed by atoms with E-state index in [1.807, 2.05) is 0 Å². The van der Waals surface area contributed by atoms with Gasteiger partial charge >= 0.3 is 12.3 Å². The SMILES string of the molecule is O=CCC(NC(=O)O)c1nccc(C(F)(F)F)c1F. The fourth-order valence-electron chi connectivity index (χ4n) is 1.41. The summed E-state index contributed by atoms with van der Waals surface area (Å²) in [6, 6.07) is -1.05. The van der Waals surface area contributed by atoms with Crippen LogP contribution in [0.1, 0.15) is 23.7 Å². The normalized spacial score (nSPS) is 12.8. The van der Waals surface area contributed by atoms with Crippen LogP contribution in [-0.2, 0) is 11.0 Å². The summed E-state index contributed by atoms with van der Waals surface area (Å²) < 4.78 is 51.1. The van der Waals surface area contributed by atoms with Crippen molar-refractivity contribution in [1.29, 1.82) is 0 Å². The van der Waals surface area contributed by atoms with Crippen molar-refractivity contribution in [3.63, 3.8) is 0 Å². The number of carbonyl (C=O) groups excluding carboxylic acids is 1. The molecule has 1 atom stereocenters. The zero-order valence-electron chi connectivity index (χ0n) is 9.24. The highest BCUT2D eigenvalue weighted by molar-refractivity contribution is 5.66. The molecule has 1 unspecified atom stereocenters. The topological polar surface area (TPSA) is 79.3 Å². The van der Waals surface area contributed by atoms with Crippen molar-refractivity contribution < 1.29 is 32.3 Å². The lowest BCUT2D eigenvalue weighted by Gasteiger charge is -2.16. The highest BCUT2D eigenvalue weighted by Gasteiger charge is 2.36. The first-order chi connectivity index (χ1) is 8.77. The van der Waals surface area contributed by atoms with Crippen LogP contribution in [0.15, 0.2) is 12.3 Å². The van der Waals surface area contributed by atoms with Gasteiger partial charge in [0.15, 0.2) is 5.82 Å². The molecule has 0 fully saturated rings. The van der Waals surface area contributed by atoms with Gasteiger partial charge in [0.25, 0.3) is 0 Å². The van der Waals surface area contributed by atoms with Crippen LogP contribution in [0, 0.1) is 5.82 Å². The van der Waals surface area contributed by atoms with Crippen molar-refractivity contribution in [2.24, 2.45) is 0 Å². The molecule has 0 bridgehead atoms. The third kappa shape index (κ3) is 3.63. The molecule has 9 heteroatoms. The van der Waals surface area contributed by atoms with Gasteiger partial charge in [-0.25, -0.2) is 9.18 Å². The Labute approximate surface area is 104 Å². The maximum Gasteiger partial charge on any atom is 0.419 e. The molecule has 0 radical (unpaired) electrons. The molecule has 2 N–H and O–H groups in total. The molecule has 1 amide bonds. The van der Waals surface area contributed by atoms with Gasteiger partial charge in [-0.2, -0.15) is 13.2 Å². The number of hydrogen-bond donors (Lipinski definition) is 2. The highest BCUT2D eigenvalue weighted by atomic mass is 19.4. The smallest absolute Gasteiger partial charge is 0.419 e. The van der Waals surface area contributed by atoms with Gasteiger partial charge in [-0.15, -0.1) is 0 Å². The molecule has 1 rings (SSSR count). The van der Waals surface area contributed by atoms with E-state index in [-0.39, 0.29) is 6.29 Å². The first-order valence-electron chi connectivity index (χ1n) is 4.92. The van der Waals surface area contributed by atoms with Gasteiger partial charge in [-0.05, 0) is 6.07 Å². The number of pyridine rings is 1. The van der Waals surface area contributed by atoms with Crippen LogP contribution >= 0.6 is 0 Å². The second-order valence-electron chi connectivity index (χ2n) is 3.46. The number of hydrogen-bond acceptors (Lipinski definition) is 3. The number of rotatable bonds is 4. The first-order valence-corrected chi connectivity index (χ1v) is 4.92. The van der Waals surface area contributed by atoms with Gasteiger partial charge in [0.2, 0.25) is 0 Å². The van der Waals surface area contributed by atoms with E-state index in [9.17, 15) is 27.2 Å². The van der Waals surface area contributed by atoms with E-state index in [2.05, 4.69) is 4.98 Å². The van der Waals surface area contributed by atoms with Crippen LogP contribution < -0.4 is 5.32 Å². The molecule has 0 aromatic carbocycles. The molecule has 0 saturated carbocycles. The number of carboxylic acid groups (broad SMARTS) is 1. The maximum atomic E-state index is 13.7. The zero-order chi connectivity index (χ0) is 14.6. The molecular weight excluding hydrogens is 272 g/mol. The molecular formula is C10H8F4N2O3. The quantitative estimate of drug-likeness (QED) is 0.654. The molecule has 19 heavy (non-hydrogen) atoms. The highest BCUT2D eigenvalue weighted by Crippen LogP contribution is 2.33. The third-order valence-electron chi connectivity index (χ3n) is 2.18. The standard InChI is InChI=1S/C10H8F4N2O3/c11-7-5(10(12,13)14)1-3-15-8(7)6(2-4-17)16-9(18)19/h1,3-4,6,16H,2H2,(H,18,19). The summed E-state index contributed by atoms with van der Waals surface area (Å²) in [7, 11) is 0. The van der Waals surface area contributed by atoms with Gasteiger partial charge in [0, 0.05) is 12.6 Å². The maximum absolute atomic E-state index is 13.7. The molecule has 104 valence electrons. The summed E-state index contributed by atoms with van der Waals surface area (Å²) >= 11 is 0. The van der Waals surface area contributed by atoms with Gasteiger partial charge in [-0.1, -0.05) is 0 Å². The Bertz CT molecular complexity index is 490. The van der Waals surface area contributed by atoms with Crippen molar-refractivity contribution in [2.45, 2.75) is 18.6 Å². The zero-order valence-corrected chi connectivity index (χ0v) is 9.24. The molecule has 0 aliphatic rings. The molecule has 0 spiro atoms. The van der Waals surface area contributed by atoms with Gasteiger partial charge in [0.1, 0.15) is 6.29 Å². The lowest BCUT2D eigenvalue weighted by atomic mass is 10.1. The minimum Gasteiger partial charge on any atom is -0.465 e. The van der Waals surface area contributed by atoms with Gasteiger partial charge in [-0.3, -0.25) is 4.98 Å². The van der Waals surface area contributed by atoms with Crippen LogP contribution in [0.5, 0.6) is 0 Å². The van der Waals surface area contributed by atoms with Crippen LogP contribution in [0.4, 0.5) is 22.4 Å². The van der Waals surface area contributed by atoms with Gasteiger partial charge < -0.3 is 15.2 Å². The first kappa shape index (κ1) is 14.9. The summed E-state index contributed by atoms with van der Waals surface area (Å²) in [6.45, 7) is 0. The van der Waals surface area contributed by atoms with Crippen molar-refractivity contribution in [2.75, 3.05) is 0 Å². The van der Waals surface area contributed by atoms with Crippen molar-refractivity contribution in [1.82, 2.24) is 10.3 Å². The van der Waals surface area contributed by atoms with Crippen molar-refractivity contribution >= 4 is 12.4 Å². The number of amides is 1. The van der Waals surface area contributed by atoms with E-state index in [1.165, 1.54) is 0 Å². The van der Waals surface area contributed by atoms with E-state index in [4.69, 9.17) is 5.11 Å². The minimum absolute atomic E-state index is 0.252. The molecule has 5 nitrogen and oxygen atoms in total. The number of nitrogens with zero attached hydrogens (tertiary/aromatic N) is 1. The number of alkyl halides is 3. The monoisotopic (exact) mass is 280 g/mol. The Morgan fingerprint density at radius 2 is 2.16 bits per heavy atom. The number of aromatic nitrogens is 1. The lowest BCUT2D eigenvalue weighted by molar-refractivity contribution is -0.140. The third-order valence-corrected chi connectivity index (χ3v) is 2.18. The summed E-state index contributed by atoms with van der Waals surface area (Å²) in [5.74, 6) is -1.70. The largest absolute Gasteiger partial charge is 0.465 e. The molecule has 1 aromatic rings. The second-order valence-corrected chi connectivity index (χ2v) is 3.46. The molecule has 0 aliphatic carbocycles. The van der Waals surface area contributed by atoms with Gasteiger partial charge in [0.05, 0.1) is 17.3 Å². The predicted octanol–water partition coefficient (Wildman–Crippen LogP) is 2.14. The van der Waals surface area contributed by atoms with E-state index >= 15 is 0 Å². The summed E-state index contributed by atoms with van der Waals surface area (Å²) in [6.07, 6.45) is -6.12. The number of halogens is 4. The second kappa shape index (κ2) is 5.63. The van der Waals surface area contributed by atoms with Crippen molar-refractivity contribution in [3.8, 4) is 0 Å². The predicted molar refractivity (Wildman–Crippen MR) is 53.8 cm³/mol. The molecule has 1 aromatic heterocycles. The summed E-state index contributed by atoms with van der Waals surface area (Å²) in [5, 5.41) is 10.2. The van der Waals surface area contributed by atoms with E-state index in [0.717, 1.165) is 0 Å². The summed E-state index contributed by atoms with van der Waals surface area (Å²) in [4.78, 5) is 24.2. The number of nitrogens with one attached hydrogen (secondary N) is 1. The average Bonchev–Trinajstić information content (AvgIpc) is 2.26. The van der Waals surface area contributed by atoms with E-state index in [0.29, 0.717) is 12.3 Å². The summed E-state index contributed by atoms with van der Waals surface area (Å²) in [5.41, 5.74) is -2.34. The van der Waals surface area contributed by atoms with Crippen LogP contribution in [0.3, 0.4) is 0 Å². The molecule has 0 saturated heterocycles. The van der Waals surface area contributed by atoms with Crippen LogP contribution in [-0.4, -0.2) is 22.5 Å². The fourth-order valence-corrected chi connectivity index (χ4v) is 1.41. The Morgan fingerprint density at radius 1 is 1.53 bits per heavy atom.